The van der Waals surface area contributed by atoms with Crippen molar-refractivity contribution in [1.82, 2.24) is 0 Å². The van der Waals surface area contributed by atoms with Crippen LogP contribution in [0.4, 0.5) is 0 Å². The van der Waals surface area contributed by atoms with Gasteiger partial charge >= 0.3 is 0 Å². The molecular weight excluding hydrogens is 435 g/mol. The number of aryl methyl sites for hydroxylation is 1. The molecule has 0 spiro atoms. The Labute approximate surface area is 153 Å². The lowest BCUT2D eigenvalue weighted by molar-refractivity contribution is 0.548. The van der Waals surface area contributed by atoms with Gasteiger partial charge < -0.3 is 0 Å². The van der Waals surface area contributed by atoms with Crippen LogP contribution in [0.15, 0.2) is 42.5 Å². The van der Waals surface area contributed by atoms with Gasteiger partial charge in [-0.15, -0.1) is 0 Å². The highest BCUT2D eigenvalue weighted by Crippen LogP contribution is 2.36. The molecule has 0 aliphatic heterocycles. The molecule has 0 aliphatic carbocycles. The molecule has 0 saturated carbocycles. The van der Waals surface area contributed by atoms with E-state index in [4.69, 9.17) is 23.2 Å². The quantitative estimate of drug-likeness (QED) is 0.452. The molecule has 0 aliphatic rings. The van der Waals surface area contributed by atoms with E-state index in [1.807, 2.05) is 18.2 Å². The van der Waals surface area contributed by atoms with Crippen molar-refractivity contribution >= 4 is 55.1 Å². The fourth-order valence-electron chi connectivity index (χ4n) is 2.58. The molecule has 0 unspecified atom stereocenters. The maximum atomic E-state index is 6.15. The molecule has 2 aromatic carbocycles. The number of hydrogen-bond donors (Lipinski definition) is 0. The number of hydrogen-bond acceptors (Lipinski definition) is 0. The van der Waals surface area contributed by atoms with Crippen LogP contribution in [-0.4, -0.2) is 10.7 Å². The zero-order valence-electron chi connectivity index (χ0n) is 11.7. The summed E-state index contributed by atoms with van der Waals surface area (Å²) < 4.78 is 0. The van der Waals surface area contributed by atoms with Crippen LogP contribution in [0, 0.1) is 6.92 Å². The van der Waals surface area contributed by atoms with Gasteiger partial charge in [0.1, 0.15) is 0 Å². The summed E-state index contributed by atoms with van der Waals surface area (Å²) in [5, 5.41) is 2.95. The van der Waals surface area contributed by atoms with Crippen molar-refractivity contribution in [3.05, 3.63) is 69.2 Å². The van der Waals surface area contributed by atoms with Crippen molar-refractivity contribution in [2.45, 2.75) is 18.8 Å². The Morgan fingerprint density at radius 3 is 2.19 bits per heavy atom. The van der Waals surface area contributed by atoms with Crippen molar-refractivity contribution in [2.75, 3.05) is 10.7 Å². The Hall–Kier alpha value is -0.0200. The number of rotatable bonds is 5. The predicted octanol–water partition coefficient (Wildman–Crippen LogP) is 6.57. The Bertz CT molecular complexity index is 622. The smallest absolute Gasteiger partial charge is 0.0595 e. The number of benzene rings is 2. The summed E-state index contributed by atoms with van der Waals surface area (Å²) in [4.78, 5) is 0. The fraction of sp³-hybridized carbons (Fsp3) is 0.294. The van der Waals surface area contributed by atoms with Crippen molar-refractivity contribution in [3.63, 3.8) is 0 Å². The first kappa shape index (κ1) is 17.3. The molecule has 0 nitrogen and oxygen atoms in total. The Morgan fingerprint density at radius 1 is 0.952 bits per heavy atom. The minimum Gasteiger partial charge on any atom is -0.0918 e. The van der Waals surface area contributed by atoms with E-state index in [1.165, 1.54) is 16.7 Å². The van der Waals surface area contributed by atoms with Crippen molar-refractivity contribution in [2.24, 2.45) is 0 Å². The summed E-state index contributed by atoms with van der Waals surface area (Å²) in [7, 11) is 0. The van der Waals surface area contributed by atoms with Gasteiger partial charge in [0.15, 0.2) is 0 Å². The number of alkyl halides is 2. The normalized spacial score (nSPS) is 11.7. The maximum Gasteiger partial charge on any atom is 0.0595 e. The molecule has 4 heteroatoms. The highest BCUT2D eigenvalue weighted by molar-refractivity contribution is 9.09. The summed E-state index contributed by atoms with van der Waals surface area (Å²) >= 11 is 19.6. The van der Waals surface area contributed by atoms with Crippen LogP contribution in [0.5, 0.6) is 0 Å². The van der Waals surface area contributed by atoms with Gasteiger partial charge in [0.05, 0.1) is 10.0 Å². The molecule has 0 bridgehead atoms. The van der Waals surface area contributed by atoms with E-state index < -0.39 is 0 Å². The van der Waals surface area contributed by atoms with Gasteiger partial charge in [-0.05, 0) is 42.2 Å². The summed E-state index contributed by atoms with van der Waals surface area (Å²) in [6.07, 6.45) is 0.894. The Morgan fingerprint density at radius 2 is 1.62 bits per heavy atom. The maximum absolute atomic E-state index is 6.15. The zero-order chi connectivity index (χ0) is 15.5. The molecular formula is C17H16Br2Cl2. The van der Waals surface area contributed by atoms with Gasteiger partial charge in [-0.3, -0.25) is 0 Å². The van der Waals surface area contributed by atoms with E-state index in [0.717, 1.165) is 17.1 Å². The molecule has 0 aromatic heterocycles. The Balaban J connectivity index is 2.43. The molecule has 0 fully saturated rings. The molecule has 0 saturated heterocycles. The van der Waals surface area contributed by atoms with Crippen molar-refractivity contribution in [1.29, 1.82) is 0 Å². The van der Waals surface area contributed by atoms with Gasteiger partial charge in [0, 0.05) is 16.1 Å². The summed E-state index contributed by atoms with van der Waals surface area (Å²) in [6, 6.07) is 14.4. The van der Waals surface area contributed by atoms with Crippen LogP contribution >= 0.6 is 55.1 Å². The van der Waals surface area contributed by atoms with Crippen molar-refractivity contribution in [3.8, 4) is 0 Å². The van der Waals surface area contributed by atoms with E-state index in [1.54, 1.807) is 0 Å². The summed E-state index contributed by atoms with van der Waals surface area (Å²) in [5.41, 5.74) is 3.83. The molecule has 2 rings (SSSR count). The van der Waals surface area contributed by atoms with Crippen LogP contribution in [0.25, 0.3) is 0 Å². The standard InChI is InChI=1S/C17H16Br2Cl2/c1-12-4-2-3-5-14(12)17(10-18,11-19)9-13-6-7-15(20)16(21)8-13/h2-8H,9-11H2,1H3. The van der Waals surface area contributed by atoms with Crippen LogP contribution in [0.1, 0.15) is 16.7 Å². The first-order chi connectivity index (χ1) is 10.0. The second-order valence-electron chi connectivity index (χ2n) is 5.29. The van der Waals surface area contributed by atoms with Crippen LogP contribution in [-0.2, 0) is 11.8 Å². The minimum atomic E-state index is -0.0114. The lowest BCUT2D eigenvalue weighted by Crippen LogP contribution is -2.33. The summed E-state index contributed by atoms with van der Waals surface area (Å²) in [5.74, 6) is 0. The zero-order valence-corrected chi connectivity index (χ0v) is 16.4. The molecule has 0 N–H and O–H groups in total. The van der Waals surface area contributed by atoms with E-state index >= 15 is 0 Å². The molecule has 21 heavy (non-hydrogen) atoms. The highest BCUT2D eigenvalue weighted by Gasteiger charge is 2.31. The molecule has 0 atom stereocenters. The third-order valence-corrected chi connectivity index (χ3v) is 6.64. The van der Waals surface area contributed by atoms with Gasteiger partial charge in [-0.1, -0.05) is 85.4 Å². The average Bonchev–Trinajstić information content (AvgIpc) is 2.49. The van der Waals surface area contributed by atoms with Crippen LogP contribution in [0.2, 0.25) is 10.0 Å². The first-order valence-electron chi connectivity index (χ1n) is 6.64. The van der Waals surface area contributed by atoms with Gasteiger partial charge in [0.2, 0.25) is 0 Å². The molecule has 2 aromatic rings. The van der Waals surface area contributed by atoms with Crippen LogP contribution in [0.3, 0.4) is 0 Å². The number of halogens is 4. The molecule has 112 valence electrons. The van der Waals surface area contributed by atoms with Gasteiger partial charge in [-0.2, -0.15) is 0 Å². The van der Waals surface area contributed by atoms with E-state index in [0.29, 0.717) is 10.0 Å². The third kappa shape index (κ3) is 3.85. The van der Waals surface area contributed by atoms with E-state index in [-0.39, 0.29) is 5.41 Å². The highest BCUT2D eigenvalue weighted by atomic mass is 79.9. The topological polar surface area (TPSA) is 0 Å². The monoisotopic (exact) mass is 448 g/mol. The Kier molecular flexibility index (Phi) is 6.19. The third-order valence-electron chi connectivity index (χ3n) is 3.75. The second kappa shape index (κ2) is 7.50. The van der Waals surface area contributed by atoms with Gasteiger partial charge in [-0.25, -0.2) is 0 Å². The molecule has 0 amide bonds. The predicted molar refractivity (Wildman–Crippen MR) is 101 cm³/mol. The average molecular weight is 451 g/mol. The minimum absolute atomic E-state index is 0.0114. The fourth-order valence-corrected chi connectivity index (χ4v) is 4.83. The second-order valence-corrected chi connectivity index (χ2v) is 7.22. The van der Waals surface area contributed by atoms with Gasteiger partial charge in [0.25, 0.3) is 0 Å². The SMILES string of the molecule is Cc1ccccc1C(CBr)(CBr)Cc1ccc(Cl)c(Cl)c1. The first-order valence-corrected chi connectivity index (χ1v) is 9.64. The van der Waals surface area contributed by atoms with Crippen LogP contribution < -0.4 is 0 Å². The van der Waals surface area contributed by atoms with E-state index in [2.05, 4.69) is 63.0 Å². The van der Waals surface area contributed by atoms with Crippen molar-refractivity contribution < 1.29 is 0 Å². The summed E-state index contributed by atoms with van der Waals surface area (Å²) in [6.45, 7) is 2.16. The molecule has 0 heterocycles. The lowest BCUT2D eigenvalue weighted by atomic mass is 9.77. The molecule has 0 radical (unpaired) electrons. The largest absolute Gasteiger partial charge is 0.0918 e. The van der Waals surface area contributed by atoms with E-state index in [9.17, 15) is 0 Å². The lowest BCUT2D eigenvalue weighted by Gasteiger charge is -2.32.